The molecule has 0 aromatic heterocycles. The van der Waals surface area contributed by atoms with Gasteiger partial charge in [0, 0.05) is 6.54 Å². The number of hydrazine groups is 1. The maximum Gasteiger partial charge on any atom is 0.0870 e. The Morgan fingerprint density at radius 3 is 1.60 bits per heavy atom. The predicted octanol–water partition coefficient (Wildman–Crippen LogP) is -4.04. The summed E-state index contributed by atoms with van der Waals surface area (Å²) in [5, 5.41) is 17.9. The Labute approximate surface area is 57.6 Å². The molecule has 0 spiro atoms. The van der Waals surface area contributed by atoms with Crippen molar-refractivity contribution < 1.29 is 19.8 Å². The van der Waals surface area contributed by atoms with Crippen molar-refractivity contribution in [2.45, 2.75) is 6.92 Å². The van der Waals surface area contributed by atoms with Gasteiger partial charge in [-0.25, -0.2) is 0 Å². The van der Waals surface area contributed by atoms with Crippen molar-refractivity contribution in [2.75, 3.05) is 6.54 Å². The zero-order valence-electron chi connectivity index (χ0n) is 5.42. The second-order valence-corrected chi connectivity index (χ2v) is 1.13. The average molecular weight is 148 g/mol. The molecule has 0 radical (unpaired) electrons. The molecule has 0 amide bonds. The Morgan fingerprint density at radius 2 is 1.60 bits per heavy atom. The van der Waals surface area contributed by atoms with Gasteiger partial charge >= 0.3 is 0 Å². The first-order valence-electron chi connectivity index (χ1n) is 2.42. The van der Waals surface area contributed by atoms with Gasteiger partial charge in [-0.3, -0.25) is 11.3 Å². The van der Waals surface area contributed by atoms with Crippen molar-refractivity contribution in [1.29, 1.82) is 0 Å². The molecule has 0 aromatic carbocycles. The van der Waals surface area contributed by atoms with Crippen molar-refractivity contribution in [2.24, 2.45) is 5.84 Å². The second kappa shape index (κ2) is 7.86. The number of carbonyl (C=O) groups excluding carboxylic acids is 2. The normalized spacial score (nSPS) is 7.40. The third-order valence-electron chi connectivity index (χ3n) is 0.371. The lowest BCUT2D eigenvalue weighted by atomic mass is 10.7. The van der Waals surface area contributed by atoms with Crippen molar-refractivity contribution in [3.8, 4) is 0 Å². The van der Waals surface area contributed by atoms with Crippen LogP contribution < -0.4 is 21.5 Å². The Kier molecular flexibility index (Phi) is 9.14. The minimum absolute atomic E-state index is 0.847. The molecular formula is C4H8N2O4-2. The first-order valence-corrected chi connectivity index (χ1v) is 2.42. The van der Waals surface area contributed by atoms with E-state index in [1.807, 2.05) is 6.92 Å². The number of hydrogen-bond acceptors (Lipinski definition) is 6. The average Bonchev–Trinajstić information content (AvgIpc) is 1.89. The van der Waals surface area contributed by atoms with Gasteiger partial charge in [0.05, 0.1) is 11.9 Å². The Hall–Kier alpha value is -1.14. The number of nitrogens with one attached hydrogen (secondary N) is 1. The van der Waals surface area contributed by atoms with Gasteiger partial charge < -0.3 is 19.8 Å². The molecule has 0 atom stereocenters. The summed E-state index contributed by atoms with van der Waals surface area (Å²) in [7, 11) is 0. The van der Waals surface area contributed by atoms with Crippen molar-refractivity contribution in [1.82, 2.24) is 5.43 Å². The third kappa shape index (κ3) is 15.8. The highest BCUT2D eigenvalue weighted by molar-refractivity contribution is 6.25. The molecule has 60 valence electrons. The summed E-state index contributed by atoms with van der Waals surface area (Å²) in [6, 6.07) is 0. The molecule has 0 aliphatic carbocycles. The number of carbonyl (C=O) groups is 2. The molecule has 0 bridgehead atoms. The van der Waals surface area contributed by atoms with E-state index >= 15 is 0 Å². The van der Waals surface area contributed by atoms with E-state index in [0.29, 0.717) is 0 Å². The van der Waals surface area contributed by atoms with Crippen LogP contribution in [0.2, 0.25) is 0 Å². The lowest BCUT2D eigenvalue weighted by Crippen LogP contribution is -2.42. The van der Waals surface area contributed by atoms with Gasteiger partial charge in [-0.2, -0.15) is 0 Å². The van der Waals surface area contributed by atoms with Crippen LogP contribution in [0, 0.1) is 0 Å². The molecule has 3 N–H and O–H groups in total. The standard InChI is InChI=1S/C2H8N2.C2H2O4/c1-2-4-3;3-1(4)2(5)6/h4H,2-3H2,1H3;(H,3,4)(H,5,6)/p-2. The van der Waals surface area contributed by atoms with E-state index in [1.54, 1.807) is 0 Å². The van der Waals surface area contributed by atoms with E-state index < -0.39 is 11.9 Å². The van der Waals surface area contributed by atoms with Crippen molar-refractivity contribution in [3.63, 3.8) is 0 Å². The molecule has 0 aromatic rings. The first-order chi connectivity index (χ1) is 4.56. The van der Waals surface area contributed by atoms with E-state index in [0.717, 1.165) is 6.54 Å². The number of carboxylic acid groups (broad SMARTS) is 2. The summed E-state index contributed by atoms with van der Waals surface area (Å²) >= 11 is 0. The zero-order valence-corrected chi connectivity index (χ0v) is 5.42. The molecule has 0 rings (SSSR count). The minimum atomic E-state index is -2.19. The van der Waals surface area contributed by atoms with E-state index in [2.05, 4.69) is 5.43 Å². The summed E-state index contributed by atoms with van der Waals surface area (Å²) in [5.41, 5.74) is 2.43. The molecule has 0 aliphatic heterocycles. The molecule has 6 nitrogen and oxygen atoms in total. The lowest BCUT2D eigenvalue weighted by Gasteiger charge is -1.97. The van der Waals surface area contributed by atoms with Crippen LogP contribution >= 0.6 is 0 Å². The smallest absolute Gasteiger partial charge is 0.0870 e. The molecule has 10 heavy (non-hydrogen) atoms. The fourth-order valence-corrected chi connectivity index (χ4v) is 0. The summed E-state index contributed by atoms with van der Waals surface area (Å²) in [5.74, 6) is 0.407. The SMILES string of the molecule is CCNN.O=C([O-])C(=O)[O-]. The molecule has 0 saturated heterocycles. The number of nitrogens with two attached hydrogens (primary N) is 1. The zero-order chi connectivity index (χ0) is 8.57. The summed E-state index contributed by atoms with van der Waals surface area (Å²) in [6.07, 6.45) is 0. The molecule has 6 heteroatoms. The highest BCUT2D eigenvalue weighted by Crippen LogP contribution is 1.41. The third-order valence-corrected chi connectivity index (χ3v) is 0.371. The number of aliphatic carboxylic acids is 2. The minimum Gasteiger partial charge on any atom is -0.543 e. The number of rotatable bonds is 1. The number of carboxylic acids is 2. The summed E-state index contributed by atoms with van der Waals surface area (Å²) < 4.78 is 0. The molecule has 0 fully saturated rings. The van der Waals surface area contributed by atoms with E-state index in [-0.39, 0.29) is 0 Å². The Balaban J connectivity index is 0. The number of hydrogen-bond donors (Lipinski definition) is 2. The van der Waals surface area contributed by atoms with Crippen LogP contribution in [-0.2, 0) is 9.59 Å². The maximum absolute atomic E-state index is 8.93. The van der Waals surface area contributed by atoms with Gasteiger partial charge in [-0.15, -0.1) is 0 Å². The summed E-state index contributed by atoms with van der Waals surface area (Å²) in [4.78, 5) is 17.9. The van der Waals surface area contributed by atoms with Crippen LogP contribution in [0.1, 0.15) is 6.92 Å². The van der Waals surface area contributed by atoms with Gasteiger partial charge in [0.25, 0.3) is 0 Å². The van der Waals surface area contributed by atoms with Gasteiger partial charge in [0.1, 0.15) is 0 Å². The van der Waals surface area contributed by atoms with E-state index in [9.17, 15) is 0 Å². The Morgan fingerprint density at radius 1 is 1.40 bits per heavy atom. The quantitative estimate of drug-likeness (QED) is 0.222. The maximum atomic E-state index is 8.93. The lowest BCUT2D eigenvalue weighted by molar-refractivity contribution is -0.345. The van der Waals surface area contributed by atoms with Crippen molar-refractivity contribution >= 4 is 11.9 Å². The van der Waals surface area contributed by atoms with Crippen LogP contribution in [0.4, 0.5) is 0 Å². The van der Waals surface area contributed by atoms with Gasteiger partial charge in [0.15, 0.2) is 0 Å². The largest absolute Gasteiger partial charge is 0.543 e. The summed E-state index contributed by atoms with van der Waals surface area (Å²) in [6.45, 7) is 2.79. The van der Waals surface area contributed by atoms with Crippen molar-refractivity contribution in [3.05, 3.63) is 0 Å². The van der Waals surface area contributed by atoms with Crippen LogP contribution in [0.15, 0.2) is 0 Å². The van der Waals surface area contributed by atoms with Gasteiger partial charge in [-0.05, 0) is 0 Å². The van der Waals surface area contributed by atoms with Crippen LogP contribution in [0.5, 0.6) is 0 Å². The highest BCUT2D eigenvalue weighted by Gasteiger charge is 1.74. The fourth-order valence-electron chi connectivity index (χ4n) is 0. The van der Waals surface area contributed by atoms with E-state index in [4.69, 9.17) is 25.6 Å². The van der Waals surface area contributed by atoms with Crippen LogP contribution in [0.25, 0.3) is 0 Å². The van der Waals surface area contributed by atoms with Gasteiger partial charge in [0.2, 0.25) is 0 Å². The second-order valence-electron chi connectivity index (χ2n) is 1.13. The molecular weight excluding hydrogens is 140 g/mol. The van der Waals surface area contributed by atoms with Gasteiger partial charge in [-0.1, -0.05) is 6.92 Å². The first kappa shape index (κ1) is 11.6. The molecule has 0 unspecified atom stereocenters. The highest BCUT2D eigenvalue weighted by atomic mass is 16.4. The molecule has 0 aliphatic rings. The molecule has 0 heterocycles. The monoisotopic (exact) mass is 148 g/mol. The topological polar surface area (TPSA) is 118 Å². The van der Waals surface area contributed by atoms with Crippen LogP contribution in [0.3, 0.4) is 0 Å². The van der Waals surface area contributed by atoms with Crippen LogP contribution in [-0.4, -0.2) is 18.5 Å². The Bertz CT molecular complexity index is 99.8. The van der Waals surface area contributed by atoms with E-state index in [1.165, 1.54) is 0 Å². The predicted molar refractivity (Wildman–Crippen MR) is 27.9 cm³/mol. The molecule has 0 saturated carbocycles. The fraction of sp³-hybridized carbons (Fsp3) is 0.500.